The molecule has 8 N–H and O–H groups in total. The van der Waals surface area contributed by atoms with E-state index in [0.717, 1.165) is 96.3 Å². The summed E-state index contributed by atoms with van der Waals surface area (Å²) in [5.74, 6) is 2.02. The molecule has 252 valence electrons. The summed E-state index contributed by atoms with van der Waals surface area (Å²) in [5.41, 5.74) is 34.8. The minimum absolute atomic E-state index is 0.582. The number of unbranched alkanes of at least 4 members (excludes halogenated alkanes) is 4. The second kappa shape index (κ2) is 20.0. The average Bonchev–Trinajstić information content (AvgIpc) is 3.08. The molecule has 4 rings (SSSR count). The van der Waals surface area contributed by atoms with Crippen molar-refractivity contribution in [2.75, 3.05) is 26.2 Å². The summed E-state index contributed by atoms with van der Waals surface area (Å²) in [6.07, 6.45) is 18.7. The van der Waals surface area contributed by atoms with Gasteiger partial charge in [0.05, 0.1) is 0 Å². The highest BCUT2D eigenvalue weighted by molar-refractivity contribution is 5.65. The molecule has 0 heterocycles. The third-order valence-corrected chi connectivity index (χ3v) is 10.5. The van der Waals surface area contributed by atoms with Gasteiger partial charge in [0.15, 0.2) is 0 Å². The second-order valence-corrected chi connectivity index (χ2v) is 14.1. The topological polar surface area (TPSA) is 104 Å². The maximum absolute atomic E-state index is 5.79. The van der Waals surface area contributed by atoms with Crippen LogP contribution in [0.5, 0.6) is 0 Å². The Morgan fingerprint density at radius 3 is 1.33 bits per heavy atom. The molecule has 0 aliphatic heterocycles. The normalized spacial score (nSPS) is 17.3. The number of hydrogen-bond acceptors (Lipinski definition) is 4. The Balaban J connectivity index is 1.40. The first-order chi connectivity index (χ1) is 22.5. The van der Waals surface area contributed by atoms with Gasteiger partial charge in [-0.15, -0.1) is 0 Å². The highest BCUT2D eigenvalue weighted by atomic mass is 14.5. The summed E-state index contributed by atoms with van der Waals surface area (Å²) in [7, 11) is 0. The lowest BCUT2D eigenvalue weighted by molar-refractivity contribution is 0.290. The van der Waals surface area contributed by atoms with Crippen molar-refractivity contribution in [3.63, 3.8) is 0 Å². The first-order valence-corrected chi connectivity index (χ1v) is 18.7. The molecule has 0 radical (unpaired) electrons. The number of nitrogens with two attached hydrogens (primary N) is 4. The van der Waals surface area contributed by atoms with Crippen LogP contribution >= 0.6 is 0 Å². The van der Waals surface area contributed by atoms with Gasteiger partial charge in [0.1, 0.15) is 0 Å². The van der Waals surface area contributed by atoms with Gasteiger partial charge in [-0.05, 0) is 191 Å². The molecule has 1 unspecified atom stereocenters. The fourth-order valence-corrected chi connectivity index (χ4v) is 7.63. The Bertz CT molecular complexity index is 1220. The van der Waals surface area contributed by atoms with Crippen LogP contribution in [0.1, 0.15) is 129 Å². The number of benzene rings is 3. The van der Waals surface area contributed by atoms with Crippen LogP contribution in [-0.2, 0) is 25.7 Å². The molecular formula is C42H64N4. The molecule has 46 heavy (non-hydrogen) atoms. The van der Waals surface area contributed by atoms with E-state index in [-0.39, 0.29) is 0 Å². The fourth-order valence-electron chi connectivity index (χ4n) is 7.63. The van der Waals surface area contributed by atoms with Gasteiger partial charge >= 0.3 is 0 Å². The van der Waals surface area contributed by atoms with Crippen LogP contribution in [0.2, 0.25) is 0 Å². The number of rotatable bonds is 20. The molecule has 0 saturated heterocycles. The molecule has 0 bridgehead atoms. The first-order valence-electron chi connectivity index (χ1n) is 18.7. The smallest absolute Gasteiger partial charge is 0.00772 e. The molecule has 1 fully saturated rings. The van der Waals surface area contributed by atoms with E-state index in [4.69, 9.17) is 22.9 Å². The zero-order valence-corrected chi connectivity index (χ0v) is 29.0. The van der Waals surface area contributed by atoms with Crippen LogP contribution in [0, 0.1) is 5.92 Å². The van der Waals surface area contributed by atoms with E-state index in [9.17, 15) is 0 Å². The van der Waals surface area contributed by atoms with Crippen molar-refractivity contribution in [1.29, 1.82) is 0 Å². The Kier molecular flexibility index (Phi) is 15.8. The Labute approximate surface area is 281 Å². The highest BCUT2D eigenvalue weighted by Gasteiger charge is 2.27. The van der Waals surface area contributed by atoms with E-state index in [1.54, 1.807) is 5.56 Å². The molecule has 1 saturated carbocycles. The predicted octanol–water partition coefficient (Wildman–Crippen LogP) is 8.56. The SMILES string of the molecule is CC(c1ccc(-c2cc(CCCCN)cc(CCCCN)c2)cc1)C1CCC(c2cc(CCCCN)cc(CCCCN)c2)CC1. The molecule has 0 spiro atoms. The molecule has 4 heteroatoms. The summed E-state index contributed by atoms with van der Waals surface area (Å²) in [5, 5.41) is 0. The molecule has 1 aliphatic carbocycles. The standard InChI is InChI=1S/C42H64N4/c1-32(37-14-18-39(19-15-37)41-28-33(10-2-6-22-43)26-34(29-41)11-3-7-23-44)38-16-20-40(21-17-38)42-30-35(12-4-8-24-45)27-36(31-42)13-5-9-25-46/h14-15,18-19,26-32,38,40H,2-13,16-17,20-25,43-46H2,1H3. The van der Waals surface area contributed by atoms with Crippen LogP contribution in [0.3, 0.4) is 0 Å². The van der Waals surface area contributed by atoms with Crippen molar-refractivity contribution in [2.24, 2.45) is 28.9 Å². The summed E-state index contributed by atoms with van der Waals surface area (Å²) >= 11 is 0. The Morgan fingerprint density at radius 1 is 0.500 bits per heavy atom. The maximum atomic E-state index is 5.79. The number of hydrogen-bond donors (Lipinski definition) is 4. The first kappa shape index (κ1) is 36.3. The van der Waals surface area contributed by atoms with Crippen LogP contribution in [0.15, 0.2) is 60.7 Å². The predicted molar refractivity (Wildman–Crippen MR) is 199 cm³/mol. The zero-order chi connectivity index (χ0) is 32.6. The monoisotopic (exact) mass is 625 g/mol. The molecule has 1 aliphatic rings. The van der Waals surface area contributed by atoms with E-state index in [2.05, 4.69) is 67.6 Å². The number of aryl methyl sites for hydroxylation is 4. The van der Waals surface area contributed by atoms with E-state index in [1.807, 2.05) is 0 Å². The lowest BCUT2D eigenvalue weighted by Crippen LogP contribution is -2.18. The third-order valence-electron chi connectivity index (χ3n) is 10.5. The Hall–Kier alpha value is -2.50. The molecule has 0 aromatic heterocycles. The van der Waals surface area contributed by atoms with Gasteiger partial charge in [-0.25, -0.2) is 0 Å². The summed E-state index contributed by atoms with van der Waals surface area (Å²) in [6, 6.07) is 24.2. The van der Waals surface area contributed by atoms with Crippen molar-refractivity contribution in [3.05, 3.63) is 94.0 Å². The minimum atomic E-state index is 0.582. The van der Waals surface area contributed by atoms with Gasteiger partial charge < -0.3 is 22.9 Å². The van der Waals surface area contributed by atoms with Gasteiger partial charge in [0.2, 0.25) is 0 Å². The van der Waals surface area contributed by atoms with Crippen molar-refractivity contribution >= 4 is 0 Å². The molecule has 1 atom stereocenters. The van der Waals surface area contributed by atoms with Crippen molar-refractivity contribution in [1.82, 2.24) is 0 Å². The van der Waals surface area contributed by atoms with E-state index >= 15 is 0 Å². The minimum Gasteiger partial charge on any atom is -0.330 e. The molecule has 3 aromatic rings. The van der Waals surface area contributed by atoms with Crippen molar-refractivity contribution in [3.8, 4) is 11.1 Å². The maximum Gasteiger partial charge on any atom is -0.00772 e. The van der Waals surface area contributed by atoms with Crippen LogP contribution in [0.4, 0.5) is 0 Å². The zero-order valence-electron chi connectivity index (χ0n) is 29.0. The third kappa shape index (κ3) is 11.3. The van der Waals surface area contributed by atoms with Gasteiger partial charge in [-0.1, -0.05) is 67.6 Å². The molecule has 4 nitrogen and oxygen atoms in total. The summed E-state index contributed by atoms with van der Waals surface area (Å²) in [4.78, 5) is 0. The molecular weight excluding hydrogens is 560 g/mol. The van der Waals surface area contributed by atoms with Gasteiger partial charge in [-0.2, -0.15) is 0 Å². The van der Waals surface area contributed by atoms with Crippen molar-refractivity contribution in [2.45, 2.75) is 121 Å². The largest absolute Gasteiger partial charge is 0.330 e. The Morgan fingerprint density at radius 2 is 0.913 bits per heavy atom. The lowest BCUT2D eigenvalue weighted by Gasteiger charge is -2.33. The van der Waals surface area contributed by atoms with Gasteiger partial charge in [0, 0.05) is 0 Å². The molecule has 3 aromatic carbocycles. The fraction of sp³-hybridized carbons (Fsp3) is 0.571. The summed E-state index contributed by atoms with van der Waals surface area (Å²) in [6.45, 7) is 5.56. The van der Waals surface area contributed by atoms with Crippen molar-refractivity contribution < 1.29 is 0 Å². The van der Waals surface area contributed by atoms with Gasteiger partial charge in [0.25, 0.3) is 0 Å². The summed E-state index contributed by atoms with van der Waals surface area (Å²) < 4.78 is 0. The van der Waals surface area contributed by atoms with Crippen LogP contribution < -0.4 is 22.9 Å². The highest BCUT2D eigenvalue weighted by Crippen LogP contribution is 2.42. The van der Waals surface area contributed by atoms with E-state index in [1.165, 1.54) is 77.5 Å². The van der Waals surface area contributed by atoms with Crippen LogP contribution in [-0.4, -0.2) is 26.2 Å². The van der Waals surface area contributed by atoms with Gasteiger partial charge in [-0.3, -0.25) is 0 Å². The second-order valence-electron chi connectivity index (χ2n) is 14.1. The quantitative estimate of drug-likeness (QED) is 0.0946. The lowest BCUT2D eigenvalue weighted by atomic mass is 9.72. The average molecular weight is 625 g/mol. The van der Waals surface area contributed by atoms with E-state index < -0.39 is 0 Å². The molecule has 0 amide bonds. The van der Waals surface area contributed by atoms with E-state index in [0.29, 0.717) is 11.8 Å². The van der Waals surface area contributed by atoms with Crippen LogP contribution in [0.25, 0.3) is 11.1 Å².